The van der Waals surface area contributed by atoms with Crippen LogP contribution < -0.4 is 19.1 Å². The minimum absolute atomic E-state index is 0.103. The summed E-state index contributed by atoms with van der Waals surface area (Å²) in [5.74, 6) is -0.403. The van der Waals surface area contributed by atoms with Crippen LogP contribution in [0.2, 0.25) is 10.0 Å². The van der Waals surface area contributed by atoms with Gasteiger partial charge in [-0.25, -0.2) is 8.42 Å². The maximum absolute atomic E-state index is 14.1. The Hall–Kier alpha value is -3.47. The summed E-state index contributed by atoms with van der Waals surface area (Å²) in [7, 11) is -1.45. The fourth-order valence-electron chi connectivity index (χ4n) is 4.37. The van der Waals surface area contributed by atoms with Crippen LogP contribution in [0.1, 0.15) is 32.3 Å². The van der Waals surface area contributed by atoms with Crippen LogP contribution in [-0.2, 0) is 26.2 Å². The molecule has 1 unspecified atom stereocenters. The molecule has 0 aliphatic rings. The molecule has 42 heavy (non-hydrogen) atoms. The van der Waals surface area contributed by atoms with Crippen molar-refractivity contribution in [1.82, 2.24) is 10.2 Å². The highest BCUT2D eigenvalue weighted by molar-refractivity contribution is 7.92. The lowest BCUT2D eigenvalue weighted by Crippen LogP contribution is -2.52. The molecule has 0 radical (unpaired) electrons. The first kappa shape index (κ1) is 33.0. The van der Waals surface area contributed by atoms with E-state index in [1.54, 1.807) is 55.5 Å². The maximum atomic E-state index is 14.1. The van der Waals surface area contributed by atoms with Gasteiger partial charge in [-0.15, -0.1) is 0 Å². The molecule has 0 saturated heterocycles. The van der Waals surface area contributed by atoms with Crippen LogP contribution in [0.15, 0.2) is 71.6 Å². The predicted octanol–water partition coefficient (Wildman–Crippen LogP) is 5.54. The average Bonchev–Trinajstić information content (AvgIpc) is 2.99. The van der Waals surface area contributed by atoms with E-state index < -0.39 is 28.5 Å². The number of sulfonamides is 1. The van der Waals surface area contributed by atoms with Crippen molar-refractivity contribution in [2.24, 2.45) is 0 Å². The lowest BCUT2D eigenvalue weighted by atomic mass is 10.1. The zero-order chi connectivity index (χ0) is 30.9. The third-order valence-corrected chi connectivity index (χ3v) is 9.07. The molecule has 3 aromatic carbocycles. The topological polar surface area (TPSA) is 105 Å². The van der Waals surface area contributed by atoms with Crippen LogP contribution in [0.3, 0.4) is 0 Å². The minimum atomic E-state index is -4.30. The monoisotopic (exact) mass is 635 g/mol. The maximum Gasteiger partial charge on any atom is 0.264 e. The highest BCUT2D eigenvalue weighted by Gasteiger charge is 2.34. The van der Waals surface area contributed by atoms with Crippen molar-refractivity contribution in [2.45, 2.75) is 44.2 Å². The molecule has 1 atom stereocenters. The summed E-state index contributed by atoms with van der Waals surface area (Å²) in [5.41, 5.74) is 0.713. The van der Waals surface area contributed by atoms with E-state index in [2.05, 4.69) is 5.32 Å². The summed E-state index contributed by atoms with van der Waals surface area (Å²) in [6, 6.07) is 16.5. The first-order valence-corrected chi connectivity index (χ1v) is 15.6. The third-order valence-electron chi connectivity index (χ3n) is 6.59. The minimum Gasteiger partial charge on any atom is -0.493 e. The van der Waals surface area contributed by atoms with Gasteiger partial charge < -0.3 is 19.7 Å². The van der Waals surface area contributed by atoms with Crippen molar-refractivity contribution in [2.75, 3.05) is 31.6 Å². The van der Waals surface area contributed by atoms with E-state index in [9.17, 15) is 18.0 Å². The highest BCUT2D eigenvalue weighted by atomic mass is 35.5. The number of amides is 2. The second-order valence-electron chi connectivity index (χ2n) is 9.30. The number of para-hydroxylation sites is 1. The number of anilines is 1. The molecule has 0 aliphatic carbocycles. The Morgan fingerprint density at radius 3 is 2.12 bits per heavy atom. The molecule has 3 rings (SSSR count). The van der Waals surface area contributed by atoms with E-state index >= 15 is 0 Å². The molecule has 3 aromatic rings. The van der Waals surface area contributed by atoms with Gasteiger partial charge >= 0.3 is 0 Å². The Balaban J connectivity index is 2.10. The highest BCUT2D eigenvalue weighted by Crippen LogP contribution is 2.33. The zero-order valence-electron chi connectivity index (χ0n) is 24.0. The molecule has 0 fully saturated rings. The number of rotatable bonds is 14. The molecule has 0 saturated carbocycles. The SMILES string of the molecule is CCCNC(=O)C(CC)N(Cc1c(Cl)cccc1Cl)C(=O)CN(c1ccccc1)S(=O)(=O)c1ccc(OC)c(OC)c1. The van der Waals surface area contributed by atoms with Gasteiger partial charge in [0, 0.05) is 34.8 Å². The number of carbonyl (C=O) groups is 2. The molecule has 1 N–H and O–H groups in total. The van der Waals surface area contributed by atoms with Gasteiger partial charge in [0.15, 0.2) is 11.5 Å². The number of hydrogen-bond donors (Lipinski definition) is 1. The summed E-state index contributed by atoms with van der Waals surface area (Å²) in [6.07, 6.45) is 0.981. The molecule has 0 spiro atoms. The van der Waals surface area contributed by atoms with Crippen molar-refractivity contribution >= 4 is 50.7 Å². The van der Waals surface area contributed by atoms with Crippen molar-refractivity contribution in [3.63, 3.8) is 0 Å². The van der Waals surface area contributed by atoms with Gasteiger partial charge in [-0.1, -0.05) is 61.3 Å². The summed E-state index contributed by atoms with van der Waals surface area (Å²) >= 11 is 12.9. The summed E-state index contributed by atoms with van der Waals surface area (Å²) in [6.45, 7) is 3.42. The Kier molecular flexibility index (Phi) is 11.9. The number of hydrogen-bond acceptors (Lipinski definition) is 6. The number of nitrogens with one attached hydrogen (secondary N) is 1. The zero-order valence-corrected chi connectivity index (χ0v) is 26.3. The first-order valence-electron chi connectivity index (χ1n) is 13.4. The van der Waals surface area contributed by atoms with Crippen LogP contribution in [0.25, 0.3) is 0 Å². The quantitative estimate of drug-likeness (QED) is 0.249. The molecular weight excluding hydrogens is 601 g/mol. The van der Waals surface area contributed by atoms with E-state index in [4.69, 9.17) is 32.7 Å². The van der Waals surface area contributed by atoms with E-state index in [1.807, 2.05) is 6.92 Å². The molecule has 0 aromatic heterocycles. The third kappa shape index (κ3) is 7.67. The molecule has 2 amide bonds. The standard InChI is InChI=1S/C30H35Cl2N3O6S/c1-5-17-33-30(37)26(6-2)34(19-23-24(31)13-10-14-25(23)32)29(36)20-35(21-11-8-7-9-12-21)42(38,39)22-15-16-27(40-3)28(18-22)41-4/h7-16,18,26H,5-6,17,19-20H2,1-4H3,(H,33,37). The fraction of sp³-hybridized carbons (Fsp3) is 0.333. The lowest BCUT2D eigenvalue weighted by Gasteiger charge is -2.33. The molecule has 12 heteroatoms. The second kappa shape index (κ2) is 15.1. The Morgan fingerprint density at radius 1 is 0.905 bits per heavy atom. The van der Waals surface area contributed by atoms with Crippen LogP contribution in [0.4, 0.5) is 5.69 Å². The summed E-state index contributed by atoms with van der Waals surface area (Å²) in [4.78, 5) is 28.6. The van der Waals surface area contributed by atoms with Crippen molar-refractivity contribution in [3.05, 3.63) is 82.3 Å². The van der Waals surface area contributed by atoms with Gasteiger partial charge in [0.2, 0.25) is 11.8 Å². The van der Waals surface area contributed by atoms with Gasteiger partial charge in [-0.05, 0) is 49.2 Å². The number of ether oxygens (including phenoxy) is 2. The molecule has 226 valence electrons. The number of methoxy groups -OCH3 is 2. The molecule has 0 bridgehead atoms. The van der Waals surface area contributed by atoms with Crippen molar-refractivity contribution < 1.29 is 27.5 Å². The summed E-state index contributed by atoms with van der Waals surface area (Å²) in [5, 5.41) is 3.48. The van der Waals surface area contributed by atoms with E-state index in [-0.39, 0.29) is 35.2 Å². The van der Waals surface area contributed by atoms with Gasteiger partial charge in [0.1, 0.15) is 12.6 Å². The van der Waals surface area contributed by atoms with Gasteiger partial charge in [-0.3, -0.25) is 13.9 Å². The van der Waals surface area contributed by atoms with Crippen molar-refractivity contribution in [1.29, 1.82) is 0 Å². The molecule has 9 nitrogen and oxygen atoms in total. The van der Waals surface area contributed by atoms with E-state index in [0.717, 1.165) is 4.31 Å². The summed E-state index contributed by atoms with van der Waals surface area (Å²) < 4.78 is 39.7. The second-order valence-corrected chi connectivity index (χ2v) is 12.0. The van der Waals surface area contributed by atoms with Gasteiger partial charge in [0.25, 0.3) is 10.0 Å². The molecule has 0 aliphatic heterocycles. The number of carbonyl (C=O) groups excluding carboxylic acids is 2. The van der Waals surface area contributed by atoms with Gasteiger partial charge in [-0.2, -0.15) is 0 Å². The van der Waals surface area contributed by atoms with Crippen molar-refractivity contribution in [3.8, 4) is 11.5 Å². The largest absolute Gasteiger partial charge is 0.493 e. The molecular formula is C30H35Cl2N3O6S. The van der Waals surface area contributed by atoms with Crippen LogP contribution in [0.5, 0.6) is 11.5 Å². The molecule has 0 heterocycles. The van der Waals surface area contributed by atoms with E-state index in [1.165, 1.54) is 37.3 Å². The smallest absolute Gasteiger partial charge is 0.264 e. The number of halogens is 2. The van der Waals surface area contributed by atoms with Crippen LogP contribution in [0, 0.1) is 0 Å². The lowest BCUT2D eigenvalue weighted by molar-refractivity contribution is -0.140. The number of benzene rings is 3. The first-order chi connectivity index (χ1) is 20.1. The van der Waals surface area contributed by atoms with Crippen LogP contribution >= 0.6 is 23.2 Å². The number of nitrogens with zero attached hydrogens (tertiary/aromatic N) is 2. The average molecular weight is 637 g/mol. The Labute approximate surface area is 257 Å². The Bertz CT molecular complexity index is 1470. The fourth-order valence-corrected chi connectivity index (χ4v) is 6.31. The Morgan fingerprint density at radius 2 is 1.55 bits per heavy atom. The normalized spacial score (nSPS) is 11.9. The van der Waals surface area contributed by atoms with Gasteiger partial charge in [0.05, 0.1) is 24.8 Å². The van der Waals surface area contributed by atoms with E-state index in [0.29, 0.717) is 34.3 Å². The predicted molar refractivity (Wildman–Crippen MR) is 165 cm³/mol. The van der Waals surface area contributed by atoms with Crippen LogP contribution in [-0.4, -0.2) is 58.5 Å².